The van der Waals surface area contributed by atoms with Crippen LogP contribution in [0.2, 0.25) is 0 Å². The van der Waals surface area contributed by atoms with E-state index in [2.05, 4.69) is 0 Å². The van der Waals surface area contributed by atoms with Gasteiger partial charge in [0.2, 0.25) is 0 Å². The van der Waals surface area contributed by atoms with Crippen molar-refractivity contribution in [1.29, 1.82) is 0 Å². The molecule has 0 spiro atoms. The molecule has 0 bridgehead atoms. The molecule has 0 saturated carbocycles. The van der Waals surface area contributed by atoms with Crippen LogP contribution in [-0.4, -0.2) is 6.26 Å². The van der Waals surface area contributed by atoms with Gasteiger partial charge in [0.05, 0.1) is 11.1 Å². The molecular formula is C9H6F6S2. The van der Waals surface area contributed by atoms with E-state index in [4.69, 9.17) is 0 Å². The fourth-order valence-corrected chi connectivity index (χ4v) is 2.48. The van der Waals surface area contributed by atoms with Crippen LogP contribution in [0.4, 0.5) is 26.3 Å². The molecule has 1 rings (SSSR count). The molecule has 0 unspecified atom stereocenters. The molecule has 1 aromatic rings. The molecule has 96 valence electrons. The smallest absolute Gasteiger partial charge is 0.166 e. The Hall–Kier alpha value is -0.500. The molecule has 0 aliphatic carbocycles. The molecule has 8 heteroatoms. The average molecular weight is 292 g/mol. The molecule has 0 heterocycles. The minimum Gasteiger partial charge on any atom is -0.166 e. The predicted molar refractivity (Wildman–Crippen MR) is 55.8 cm³/mol. The lowest BCUT2D eigenvalue weighted by Crippen LogP contribution is -2.10. The minimum atomic E-state index is -4.78. The monoisotopic (exact) mass is 292 g/mol. The van der Waals surface area contributed by atoms with E-state index in [0.29, 0.717) is 12.1 Å². The number of alkyl halides is 6. The highest BCUT2D eigenvalue weighted by Gasteiger charge is 2.36. The highest BCUT2D eigenvalue weighted by Crippen LogP contribution is 2.40. The van der Waals surface area contributed by atoms with Crippen molar-refractivity contribution >= 4 is 21.6 Å². The summed E-state index contributed by atoms with van der Waals surface area (Å²) in [5.74, 6) is 0. The van der Waals surface area contributed by atoms with Crippen molar-refractivity contribution < 1.29 is 26.3 Å². The van der Waals surface area contributed by atoms with Crippen molar-refractivity contribution in [3.05, 3.63) is 29.3 Å². The van der Waals surface area contributed by atoms with Crippen LogP contribution in [-0.2, 0) is 12.4 Å². The first kappa shape index (κ1) is 14.6. The molecule has 0 aliphatic rings. The van der Waals surface area contributed by atoms with Gasteiger partial charge in [0, 0.05) is 4.90 Å². The third-order valence-corrected chi connectivity index (χ3v) is 3.41. The summed E-state index contributed by atoms with van der Waals surface area (Å²) in [6.45, 7) is 0. The second-order valence-electron chi connectivity index (χ2n) is 2.99. The van der Waals surface area contributed by atoms with Gasteiger partial charge in [-0.15, -0.1) is 0 Å². The molecule has 1 aromatic carbocycles. The van der Waals surface area contributed by atoms with Crippen LogP contribution in [0.3, 0.4) is 0 Å². The summed E-state index contributed by atoms with van der Waals surface area (Å²) in [6, 6.07) is 1.52. The van der Waals surface area contributed by atoms with Crippen molar-refractivity contribution in [1.82, 2.24) is 0 Å². The van der Waals surface area contributed by atoms with Crippen LogP contribution in [0, 0.1) is 0 Å². The molecule has 0 saturated heterocycles. The first-order valence-electron chi connectivity index (χ1n) is 4.14. The van der Waals surface area contributed by atoms with E-state index in [1.54, 1.807) is 6.26 Å². The number of halogens is 6. The molecule has 0 atom stereocenters. The number of hydrogen-bond acceptors (Lipinski definition) is 2. The predicted octanol–water partition coefficient (Wildman–Crippen LogP) is 5.09. The van der Waals surface area contributed by atoms with E-state index in [0.717, 1.165) is 21.6 Å². The van der Waals surface area contributed by atoms with E-state index >= 15 is 0 Å². The zero-order chi connectivity index (χ0) is 13.3. The quantitative estimate of drug-likeness (QED) is 0.550. The van der Waals surface area contributed by atoms with Gasteiger partial charge in [0.25, 0.3) is 0 Å². The van der Waals surface area contributed by atoms with E-state index in [1.807, 2.05) is 0 Å². The summed E-state index contributed by atoms with van der Waals surface area (Å²) >= 11 is 0. The van der Waals surface area contributed by atoms with Gasteiger partial charge in [0.1, 0.15) is 0 Å². The molecule has 0 aliphatic heterocycles. The number of benzene rings is 1. The lowest BCUT2D eigenvalue weighted by atomic mass is 10.1. The fraction of sp³-hybridized carbons (Fsp3) is 0.333. The van der Waals surface area contributed by atoms with Gasteiger partial charge >= 0.3 is 12.4 Å². The molecule has 0 radical (unpaired) electrons. The van der Waals surface area contributed by atoms with Crippen LogP contribution < -0.4 is 0 Å². The van der Waals surface area contributed by atoms with Crippen molar-refractivity contribution in [2.75, 3.05) is 6.26 Å². The summed E-state index contributed by atoms with van der Waals surface area (Å²) in [5, 5.41) is 0. The van der Waals surface area contributed by atoms with Gasteiger partial charge in [-0.2, -0.15) is 26.3 Å². The first-order chi connectivity index (χ1) is 7.64. The molecular weight excluding hydrogens is 286 g/mol. The van der Waals surface area contributed by atoms with E-state index in [9.17, 15) is 26.3 Å². The summed E-state index contributed by atoms with van der Waals surface area (Å²) in [7, 11) is 1.93. The van der Waals surface area contributed by atoms with Gasteiger partial charge in [0.15, 0.2) is 0 Å². The topological polar surface area (TPSA) is 0 Å². The fourth-order valence-electron chi connectivity index (χ4n) is 1.07. The second kappa shape index (κ2) is 5.01. The highest BCUT2D eigenvalue weighted by atomic mass is 33.1. The first-order valence-corrected chi connectivity index (χ1v) is 6.70. The SMILES string of the molecule is CSSc1cc(C(F)(F)F)cc(C(F)(F)F)c1. The van der Waals surface area contributed by atoms with Crippen LogP contribution in [0.1, 0.15) is 11.1 Å². The molecule has 0 amide bonds. The molecule has 0 fully saturated rings. The van der Waals surface area contributed by atoms with Crippen molar-refractivity contribution in [2.45, 2.75) is 17.2 Å². The summed E-state index contributed by atoms with van der Waals surface area (Å²) < 4.78 is 74.4. The van der Waals surface area contributed by atoms with E-state index in [-0.39, 0.29) is 11.0 Å². The lowest BCUT2D eigenvalue weighted by molar-refractivity contribution is -0.143. The Morgan fingerprint density at radius 2 is 1.24 bits per heavy atom. The van der Waals surface area contributed by atoms with Gasteiger partial charge in [-0.3, -0.25) is 0 Å². The number of hydrogen-bond donors (Lipinski definition) is 0. The van der Waals surface area contributed by atoms with Crippen LogP contribution in [0.5, 0.6) is 0 Å². The molecule has 0 nitrogen and oxygen atoms in total. The Kier molecular flexibility index (Phi) is 4.29. The Bertz CT molecular complexity index is 363. The largest absolute Gasteiger partial charge is 0.416 e. The van der Waals surface area contributed by atoms with Crippen molar-refractivity contribution in [3.63, 3.8) is 0 Å². The van der Waals surface area contributed by atoms with E-state index in [1.165, 1.54) is 0 Å². The third-order valence-electron chi connectivity index (χ3n) is 1.74. The maximum Gasteiger partial charge on any atom is 0.416 e. The number of rotatable bonds is 2. The third kappa shape index (κ3) is 4.02. The van der Waals surface area contributed by atoms with Crippen LogP contribution in [0.15, 0.2) is 23.1 Å². The zero-order valence-corrected chi connectivity index (χ0v) is 9.95. The minimum absolute atomic E-state index is 0.0698. The van der Waals surface area contributed by atoms with Gasteiger partial charge < -0.3 is 0 Å². The maximum atomic E-state index is 12.4. The van der Waals surface area contributed by atoms with Crippen LogP contribution in [0.25, 0.3) is 0 Å². The normalized spacial score (nSPS) is 12.9. The van der Waals surface area contributed by atoms with Crippen LogP contribution >= 0.6 is 21.6 Å². The summed E-state index contributed by atoms with van der Waals surface area (Å²) in [4.78, 5) is -0.0698. The average Bonchev–Trinajstić information content (AvgIpc) is 2.15. The standard InChI is InChI=1S/C9H6F6S2/c1-16-17-7-3-5(8(10,11)12)2-6(4-7)9(13,14)15/h2-4H,1H3. The zero-order valence-electron chi connectivity index (χ0n) is 8.32. The summed E-state index contributed by atoms with van der Waals surface area (Å²) in [6.07, 6.45) is -8.00. The highest BCUT2D eigenvalue weighted by molar-refractivity contribution is 8.76. The Labute approximate surface area is 101 Å². The Morgan fingerprint density at radius 3 is 1.53 bits per heavy atom. The van der Waals surface area contributed by atoms with Gasteiger partial charge in [-0.1, -0.05) is 21.6 Å². The summed E-state index contributed by atoms with van der Waals surface area (Å²) in [5.41, 5.74) is -2.58. The van der Waals surface area contributed by atoms with Gasteiger partial charge in [-0.05, 0) is 24.5 Å². The molecule has 0 aromatic heterocycles. The Morgan fingerprint density at radius 1 is 0.824 bits per heavy atom. The second-order valence-corrected chi connectivity index (χ2v) is 5.46. The van der Waals surface area contributed by atoms with E-state index < -0.39 is 23.5 Å². The molecule has 0 N–H and O–H groups in total. The van der Waals surface area contributed by atoms with Gasteiger partial charge in [-0.25, -0.2) is 0 Å². The maximum absolute atomic E-state index is 12.4. The van der Waals surface area contributed by atoms with Crippen molar-refractivity contribution in [3.8, 4) is 0 Å². The van der Waals surface area contributed by atoms with Crippen molar-refractivity contribution in [2.24, 2.45) is 0 Å². The Balaban J connectivity index is 3.29. The molecule has 17 heavy (non-hydrogen) atoms. The lowest BCUT2D eigenvalue weighted by Gasteiger charge is -2.13.